The largest absolute Gasteiger partial charge is 0.469 e. The number of ether oxygens (including phenoxy) is 1. The zero-order valence-electron chi connectivity index (χ0n) is 8.00. The Hall–Kier alpha value is -0.0900. The first-order chi connectivity index (χ1) is 7.19. The van der Waals surface area contributed by atoms with Gasteiger partial charge in [-0.25, -0.2) is 4.57 Å². The molecule has 4 atom stereocenters. The van der Waals surface area contributed by atoms with Gasteiger partial charge in [0.05, 0.1) is 13.2 Å². The van der Waals surface area contributed by atoms with E-state index in [9.17, 15) is 19.9 Å². The van der Waals surface area contributed by atoms with Crippen molar-refractivity contribution in [3.63, 3.8) is 0 Å². The Morgan fingerprint density at radius 1 is 1.38 bits per heavy atom. The first kappa shape index (κ1) is 14.0. The van der Waals surface area contributed by atoms with E-state index in [1.54, 1.807) is 0 Å². The third-order valence-electron chi connectivity index (χ3n) is 2.16. The molecule has 0 aromatic rings. The van der Waals surface area contributed by atoms with Crippen LogP contribution in [0.4, 0.5) is 0 Å². The molecule has 10 heteroatoms. The van der Waals surface area contributed by atoms with Gasteiger partial charge in [0.1, 0.15) is 18.3 Å². The lowest BCUT2D eigenvalue weighted by molar-refractivity contribution is -0.247. The van der Waals surface area contributed by atoms with Crippen LogP contribution in [0.25, 0.3) is 0 Å². The number of phosphoric ester groups is 1. The van der Waals surface area contributed by atoms with Crippen LogP contribution in [0.15, 0.2) is 0 Å². The summed E-state index contributed by atoms with van der Waals surface area (Å²) in [6.45, 7) is -1.71. The van der Waals surface area contributed by atoms with Gasteiger partial charge in [0.25, 0.3) is 0 Å². The third-order valence-corrected chi connectivity index (χ3v) is 2.64. The van der Waals surface area contributed by atoms with Crippen LogP contribution >= 0.6 is 7.82 Å². The van der Waals surface area contributed by atoms with Gasteiger partial charge in [0.15, 0.2) is 0 Å². The lowest BCUT2D eigenvalue weighted by atomic mass is 12.0. The molecule has 1 aliphatic heterocycles. The van der Waals surface area contributed by atoms with E-state index < -0.39 is 45.1 Å². The highest BCUT2D eigenvalue weighted by atomic mass is 31.2. The van der Waals surface area contributed by atoms with Gasteiger partial charge >= 0.3 is 7.82 Å². The van der Waals surface area contributed by atoms with Gasteiger partial charge < -0.3 is 34.9 Å². The van der Waals surface area contributed by atoms with Crippen molar-refractivity contribution >= 4 is 7.82 Å². The lowest BCUT2D eigenvalue weighted by Gasteiger charge is -2.22. The summed E-state index contributed by atoms with van der Waals surface area (Å²) in [5.41, 5.74) is 0. The van der Waals surface area contributed by atoms with Crippen LogP contribution in [-0.2, 0) is 13.8 Å². The molecule has 0 aliphatic carbocycles. The molecule has 0 radical (unpaired) electrons. The standard InChI is InChI=1S/C6H13O9P/c7-2-6(10)5(9)4(8)3(15-6)1-14-16(11,12)13/h3-5,7-10H,1-2H2,(H2,11,12,13)/t3-,4-,5+,6-/m1/s1/i1+2,2+2,3+2,4+2,5+2,6+2. The van der Waals surface area contributed by atoms with E-state index in [4.69, 9.17) is 14.9 Å². The average molecular weight is 272 g/mol. The molecule has 0 aromatic heterocycles. The molecule has 96 valence electrons. The molecule has 1 fully saturated rings. The SMILES string of the molecule is O=P(O)(O)O[14CH2][14C@H]1O[14C@](O)([14CH2]O)[14C@@H](O)[14C@@H]1O. The predicted octanol–water partition coefficient (Wildman–Crippen LogP) is -3.10. The second kappa shape index (κ2) is 4.65. The number of phosphoric acid groups is 1. The fourth-order valence-corrected chi connectivity index (χ4v) is 1.65. The Morgan fingerprint density at radius 2 is 1.94 bits per heavy atom. The second-order valence-corrected chi connectivity index (χ2v) is 4.62. The van der Waals surface area contributed by atoms with E-state index in [-0.39, 0.29) is 0 Å². The Bertz CT molecular complexity index is 290. The van der Waals surface area contributed by atoms with Crippen LogP contribution in [0.3, 0.4) is 0 Å². The van der Waals surface area contributed by atoms with Crippen LogP contribution in [0.2, 0.25) is 0 Å². The molecular formula is C6H13O9P. The summed E-state index contributed by atoms with van der Waals surface area (Å²) in [6.07, 6.45) is -4.76. The first-order valence-corrected chi connectivity index (χ1v) is 5.80. The summed E-state index contributed by atoms with van der Waals surface area (Å²) in [6, 6.07) is 0. The monoisotopic (exact) mass is 272 g/mol. The van der Waals surface area contributed by atoms with E-state index in [1.165, 1.54) is 0 Å². The third kappa shape index (κ3) is 2.98. The highest BCUT2D eigenvalue weighted by Gasteiger charge is 2.53. The van der Waals surface area contributed by atoms with Crippen molar-refractivity contribution in [2.75, 3.05) is 13.2 Å². The van der Waals surface area contributed by atoms with Gasteiger partial charge in [0.2, 0.25) is 5.79 Å². The molecule has 1 heterocycles. The molecule has 0 aromatic carbocycles. The predicted molar refractivity (Wildman–Crippen MR) is 46.9 cm³/mol. The van der Waals surface area contributed by atoms with E-state index in [1.807, 2.05) is 0 Å². The number of aliphatic hydroxyl groups is 4. The van der Waals surface area contributed by atoms with Crippen molar-refractivity contribution in [3.8, 4) is 0 Å². The van der Waals surface area contributed by atoms with Crippen LogP contribution in [0.5, 0.6) is 0 Å². The van der Waals surface area contributed by atoms with Gasteiger partial charge in [-0.2, -0.15) is 0 Å². The van der Waals surface area contributed by atoms with E-state index in [0.717, 1.165) is 0 Å². The zero-order chi connectivity index (χ0) is 12.6. The van der Waals surface area contributed by atoms with Crippen molar-refractivity contribution in [3.05, 3.63) is 0 Å². The number of hydrogen-bond acceptors (Lipinski definition) is 7. The van der Waals surface area contributed by atoms with Gasteiger partial charge in [-0.05, 0) is 0 Å². The van der Waals surface area contributed by atoms with Gasteiger partial charge in [-0.1, -0.05) is 0 Å². The van der Waals surface area contributed by atoms with E-state index in [0.29, 0.717) is 0 Å². The molecule has 0 amide bonds. The minimum atomic E-state index is -4.73. The Kier molecular flexibility index (Phi) is 4.06. The summed E-state index contributed by atoms with van der Waals surface area (Å²) in [5, 5.41) is 36.7. The number of hydrogen-bond donors (Lipinski definition) is 6. The topological polar surface area (TPSA) is 157 Å². The van der Waals surface area contributed by atoms with Crippen LogP contribution < -0.4 is 0 Å². The van der Waals surface area contributed by atoms with E-state index in [2.05, 4.69) is 9.26 Å². The summed E-state index contributed by atoms with van der Waals surface area (Å²) < 4.78 is 19.1. The maximum atomic E-state index is 10.4. The molecule has 1 rings (SSSR count). The van der Waals surface area contributed by atoms with Crippen molar-refractivity contribution in [1.82, 2.24) is 0 Å². The summed E-state index contributed by atoms with van der Waals surface area (Å²) in [7, 11) is -4.73. The smallest absolute Gasteiger partial charge is 0.391 e. The lowest BCUT2D eigenvalue weighted by Crippen LogP contribution is -2.46. The maximum Gasteiger partial charge on any atom is 0.469 e. The second-order valence-electron chi connectivity index (χ2n) is 3.38. The number of aliphatic hydroxyl groups excluding tert-OH is 3. The first-order valence-electron chi connectivity index (χ1n) is 4.27. The van der Waals surface area contributed by atoms with Gasteiger partial charge in [-0.3, -0.25) is 4.52 Å². The summed E-state index contributed by atoms with van der Waals surface area (Å²) in [5.74, 6) is -2.36. The molecule has 1 aliphatic rings. The fourth-order valence-electron chi connectivity index (χ4n) is 1.31. The number of rotatable bonds is 4. The fraction of sp³-hybridized carbons (Fsp3) is 1.00. The normalized spacial score (nSPS) is 40.2. The highest BCUT2D eigenvalue weighted by molar-refractivity contribution is 7.46. The molecular weight excluding hydrogens is 259 g/mol. The molecule has 0 saturated carbocycles. The van der Waals surface area contributed by atoms with Crippen molar-refractivity contribution in [2.24, 2.45) is 0 Å². The van der Waals surface area contributed by atoms with Crippen LogP contribution in [-0.4, -0.2) is 67.5 Å². The van der Waals surface area contributed by atoms with Gasteiger partial charge in [0, 0.05) is 0 Å². The van der Waals surface area contributed by atoms with Gasteiger partial charge in [-0.15, -0.1) is 0 Å². The van der Waals surface area contributed by atoms with Crippen molar-refractivity contribution in [2.45, 2.75) is 24.1 Å². The molecule has 16 heavy (non-hydrogen) atoms. The quantitative estimate of drug-likeness (QED) is 0.291. The molecule has 0 spiro atoms. The molecule has 0 bridgehead atoms. The van der Waals surface area contributed by atoms with Crippen molar-refractivity contribution < 1.29 is 44.0 Å². The Morgan fingerprint density at radius 3 is 2.31 bits per heavy atom. The van der Waals surface area contributed by atoms with Crippen LogP contribution in [0.1, 0.15) is 0 Å². The molecule has 1 saturated heterocycles. The minimum absolute atomic E-state index is 0.731. The molecule has 9 nitrogen and oxygen atoms in total. The Balaban J connectivity index is 2.61. The summed E-state index contributed by atoms with van der Waals surface area (Å²) >= 11 is 0. The van der Waals surface area contributed by atoms with Crippen LogP contribution in [0, 0.1) is 0 Å². The Labute approximate surface area is 90.1 Å². The average Bonchev–Trinajstić information content (AvgIpc) is 2.40. The molecule has 0 unspecified atom stereocenters. The molecule has 6 N–H and O–H groups in total. The zero-order valence-corrected chi connectivity index (χ0v) is 8.90. The van der Waals surface area contributed by atoms with E-state index >= 15 is 0 Å². The highest BCUT2D eigenvalue weighted by Crippen LogP contribution is 2.38. The minimum Gasteiger partial charge on any atom is -0.391 e. The maximum absolute atomic E-state index is 10.4. The van der Waals surface area contributed by atoms with Crippen molar-refractivity contribution in [1.29, 1.82) is 0 Å². The summed E-state index contributed by atoms with van der Waals surface area (Å²) in [4.78, 5) is 16.8.